The monoisotopic (exact) mass is 414 g/mol. The number of rotatable bonds is 3. The van der Waals surface area contributed by atoms with Gasteiger partial charge in [-0.1, -0.05) is 12.1 Å². The van der Waals surface area contributed by atoms with Crippen LogP contribution in [0.3, 0.4) is 0 Å². The third kappa shape index (κ3) is 3.06. The average molecular weight is 414 g/mol. The van der Waals surface area contributed by atoms with E-state index in [2.05, 4.69) is 0 Å². The fourth-order valence-electron chi connectivity index (χ4n) is 4.52. The van der Waals surface area contributed by atoms with Crippen LogP contribution in [0.4, 0.5) is 5.69 Å². The quantitative estimate of drug-likeness (QED) is 0.600. The molecule has 0 atom stereocenters. The molecule has 6 heteroatoms. The zero-order chi connectivity index (χ0) is 21.5. The maximum atomic E-state index is 13.3. The lowest BCUT2D eigenvalue weighted by molar-refractivity contribution is 0.0725. The molecule has 0 aliphatic carbocycles. The van der Waals surface area contributed by atoms with Gasteiger partial charge < -0.3 is 9.64 Å². The molecule has 2 heterocycles. The lowest BCUT2D eigenvalue weighted by Gasteiger charge is -2.29. The first-order chi connectivity index (χ1) is 15.1. The fourth-order valence-corrected chi connectivity index (χ4v) is 4.52. The third-order valence-electron chi connectivity index (χ3n) is 6.11. The third-order valence-corrected chi connectivity index (χ3v) is 6.11. The van der Waals surface area contributed by atoms with Gasteiger partial charge in [0.2, 0.25) is 0 Å². The van der Waals surface area contributed by atoms with E-state index in [4.69, 9.17) is 4.74 Å². The summed E-state index contributed by atoms with van der Waals surface area (Å²) in [6.45, 7) is 1.48. The summed E-state index contributed by atoms with van der Waals surface area (Å²) in [6.07, 6.45) is 3.14. The largest absolute Gasteiger partial charge is 0.497 e. The minimum absolute atomic E-state index is 0.0409. The van der Waals surface area contributed by atoms with Crippen molar-refractivity contribution in [3.05, 3.63) is 71.3 Å². The number of amides is 3. The molecule has 0 radical (unpaired) electrons. The van der Waals surface area contributed by atoms with Crippen LogP contribution in [0.15, 0.2) is 54.6 Å². The average Bonchev–Trinajstić information content (AvgIpc) is 2.83. The van der Waals surface area contributed by atoms with Gasteiger partial charge in [-0.25, -0.2) is 4.90 Å². The van der Waals surface area contributed by atoms with E-state index in [9.17, 15) is 14.4 Å². The van der Waals surface area contributed by atoms with Crippen LogP contribution in [0.1, 0.15) is 50.3 Å². The smallest absolute Gasteiger partial charge is 0.265 e. The molecule has 0 N–H and O–H groups in total. The summed E-state index contributed by atoms with van der Waals surface area (Å²) in [6, 6.07) is 15.5. The van der Waals surface area contributed by atoms with E-state index >= 15 is 0 Å². The second kappa shape index (κ2) is 7.54. The van der Waals surface area contributed by atoms with Crippen LogP contribution in [0, 0.1) is 0 Å². The predicted molar refractivity (Wildman–Crippen MR) is 118 cm³/mol. The molecule has 0 saturated carbocycles. The van der Waals surface area contributed by atoms with Gasteiger partial charge in [0.05, 0.1) is 12.8 Å². The molecule has 0 aromatic heterocycles. The number of benzene rings is 3. The number of carbonyl (C=O) groups excluding carboxylic acids is 3. The summed E-state index contributed by atoms with van der Waals surface area (Å²) < 4.78 is 5.17. The summed E-state index contributed by atoms with van der Waals surface area (Å²) in [5.74, 6) is -0.184. The molecule has 156 valence electrons. The lowest BCUT2D eigenvalue weighted by atomic mass is 9.90. The molecule has 5 rings (SSSR count). The maximum absolute atomic E-state index is 13.3. The van der Waals surface area contributed by atoms with E-state index < -0.39 is 11.8 Å². The van der Waals surface area contributed by atoms with Gasteiger partial charge >= 0.3 is 0 Å². The molecule has 2 aliphatic rings. The standard InChI is InChI=1S/C25H22N2O4/c1-31-17-10-8-16(9-11-17)27-24(29)20-7-5-6-18-19(12-13-21(22(18)20)25(27)30)23(28)26-14-3-2-4-15-26/h5-13H,2-4,14-15H2,1H3. The number of hydrogen-bond donors (Lipinski definition) is 0. The first-order valence-electron chi connectivity index (χ1n) is 10.5. The van der Waals surface area contributed by atoms with E-state index in [-0.39, 0.29) is 5.91 Å². The van der Waals surface area contributed by atoms with Crippen molar-refractivity contribution in [1.29, 1.82) is 0 Å². The van der Waals surface area contributed by atoms with Crippen LogP contribution < -0.4 is 9.64 Å². The van der Waals surface area contributed by atoms with Crippen molar-refractivity contribution in [2.24, 2.45) is 0 Å². The van der Waals surface area contributed by atoms with Gasteiger partial charge in [0.25, 0.3) is 17.7 Å². The number of ether oxygens (including phenoxy) is 1. The highest BCUT2D eigenvalue weighted by atomic mass is 16.5. The van der Waals surface area contributed by atoms with Crippen LogP contribution >= 0.6 is 0 Å². The fraction of sp³-hybridized carbons (Fsp3) is 0.240. The minimum atomic E-state index is -0.393. The zero-order valence-electron chi connectivity index (χ0n) is 17.3. The summed E-state index contributed by atoms with van der Waals surface area (Å²) in [4.78, 5) is 42.9. The molecule has 3 amide bonds. The number of methoxy groups -OCH3 is 1. The van der Waals surface area contributed by atoms with Gasteiger partial charge in [-0.3, -0.25) is 14.4 Å². The molecule has 0 unspecified atom stereocenters. The van der Waals surface area contributed by atoms with Crippen molar-refractivity contribution < 1.29 is 19.1 Å². The number of piperidine rings is 1. The van der Waals surface area contributed by atoms with Crippen LogP contribution in [0.2, 0.25) is 0 Å². The van der Waals surface area contributed by atoms with Crippen LogP contribution in [-0.4, -0.2) is 42.8 Å². The minimum Gasteiger partial charge on any atom is -0.497 e. The number of nitrogens with zero attached hydrogens (tertiary/aromatic N) is 2. The number of imide groups is 1. The second-order valence-corrected chi connectivity index (χ2v) is 7.89. The highest BCUT2D eigenvalue weighted by Crippen LogP contribution is 2.35. The molecule has 0 spiro atoms. The van der Waals surface area contributed by atoms with Crippen molar-refractivity contribution in [2.45, 2.75) is 19.3 Å². The predicted octanol–water partition coefficient (Wildman–Crippen LogP) is 4.28. The number of carbonyl (C=O) groups is 3. The van der Waals surface area contributed by atoms with Gasteiger partial charge in [0, 0.05) is 35.2 Å². The van der Waals surface area contributed by atoms with Crippen molar-refractivity contribution >= 4 is 34.2 Å². The van der Waals surface area contributed by atoms with Crippen LogP contribution in [-0.2, 0) is 0 Å². The summed E-state index contributed by atoms with van der Waals surface area (Å²) in [7, 11) is 1.56. The van der Waals surface area contributed by atoms with Crippen molar-refractivity contribution in [3.63, 3.8) is 0 Å². The molecule has 31 heavy (non-hydrogen) atoms. The Balaban J connectivity index is 1.61. The van der Waals surface area contributed by atoms with Crippen molar-refractivity contribution in [3.8, 4) is 5.75 Å². The molecule has 3 aromatic rings. The SMILES string of the molecule is COc1ccc(N2C(=O)c3cccc4c(C(=O)N5CCCCC5)ccc(c34)C2=O)cc1. The van der Waals surface area contributed by atoms with E-state index in [0.29, 0.717) is 38.9 Å². The topological polar surface area (TPSA) is 66.9 Å². The van der Waals surface area contributed by atoms with Gasteiger partial charge in [-0.2, -0.15) is 0 Å². The molecular weight excluding hydrogens is 392 g/mol. The molecule has 2 aliphatic heterocycles. The van der Waals surface area contributed by atoms with E-state index in [1.165, 1.54) is 4.90 Å². The van der Waals surface area contributed by atoms with Crippen LogP contribution in [0.5, 0.6) is 5.75 Å². The summed E-state index contributed by atoms with van der Waals surface area (Å²) in [5.41, 5.74) is 1.88. The van der Waals surface area contributed by atoms with E-state index in [1.807, 2.05) is 11.0 Å². The number of anilines is 1. The number of hydrogen-bond acceptors (Lipinski definition) is 4. The Hall–Kier alpha value is -3.67. The Labute approximate surface area is 180 Å². The highest BCUT2D eigenvalue weighted by Gasteiger charge is 2.35. The van der Waals surface area contributed by atoms with Gasteiger partial charge in [-0.15, -0.1) is 0 Å². The number of likely N-dealkylation sites (tertiary alicyclic amines) is 1. The Bertz CT molecular complexity index is 1190. The van der Waals surface area contributed by atoms with Crippen LogP contribution in [0.25, 0.3) is 10.8 Å². The Morgan fingerprint density at radius 2 is 1.52 bits per heavy atom. The summed E-state index contributed by atoms with van der Waals surface area (Å²) in [5, 5.41) is 1.21. The molecule has 3 aromatic carbocycles. The lowest BCUT2D eigenvalue weighted by Crippen LogP contribution is -2.41. The Morgan fingerprint density at radius 1 is 0.839 bits per heavy atom. The molecular formula is C25H22N2O4. The first-order valence-corrected chi connectivity index (χ1v) is 10.5. The Kier molecular flexibility index (Phi) is 4.70. The Morgan fingerprint density at radius 3 is 2.19 bits per heavy atom. The molecule has 1 saturated heterocycles. The van der Waals surface area contributed by atoms with Gasteiger partial charge in [0.15, 0.2) is 0 Å². The van der Waals surface area contributed by atoms with Gasteiger partial charge in [0.1, 0.15) is 5.75 Å². The van der Waals surface area contributed by atoms with Gasteiger partial charge in [-0.05, 0) is 67.1 Å². The van der Waals surface area contributed by atoms with Crippen molar-refractivity contribution in [1.82, 2.24) is 4.90 Å². The first kappa shape index (κ1) is 19.3. The summed E-state index contributed by atoms with van der Waals surface area (Å²) >= 11 is 0. The van der Waals surface area contributed by atoms with E-state index in [1.54, 1.807) is 55.6 Å². The normalized spacial score (nSPS) is 16.0. The van der Waals surface area contributed by atoms with Crippen molar-refractivity contribution in [2.75, 3.05) is 25.1 Å². The maximum Gasteiger partial charge on any atom is 0.265 e. The second-order valence-electron chi connectivity index (χ2n) is 7.89. The zero-order valence-corrected chi connectivity index (χ0v) is 17.3. The molecule has 1 fully saturated rings. The highest BCUT2D eigenvalue weighted by molar-refractivity contribution is 6.36. The molecule has 6 nitrogen and oxygen atoms in total. The van der Waals surface area contributed by atoms with E-state index in [0.717, 1.165) is 32.4 Å². The molecule has 0 bridgehead atoms.